The Bertz CT molecular complexity index is 327. The average molecular weight is 174 g/mol. The molecule has 1 N–H and O–H groups in total. The van der Waals surface area contributed by atoms with Crippen molar-refractivity contribution in [2.75, 3.05) is 4.72 Å². The van der Waals surface area contributed by atoms with Gasteiger partial charge in [0.2, 0.25) is 0 Å². The second-order valence-corrected chi connectivity index (χ2v) is 3.33. The van der Waals surface area contributed by atoms with Crippen molar-refractivity contribution >= 4 is 15.8 Å². The van der Waals surface area contributed by atoms with Gasteiger partial charge in [-0.15, -0.1) is 0 Å². The predicted octanol–water partition coefficient (Wildman–Crippen LogP) is 0.560. The van der Waals surface area contributed by atoms with E-state index in [0.717, 1.165) is 5.41 Å². The van der Waals surface area contributed by atoms with Crippen LogP contribution in [0, 0.1) is 0 Å². The van der Waals surface area contributed by atoms with E-state index in [1.54, 1.807) is 0 Å². The van der Waals surface area contributed by atoms with E-state index in [1.165, 1.54) is 12.3 Å². The Morgan fingerprint density at radius 1 is 1.73 bits per heavy atom. The lowest BCUT2D eigenvalue weighted by Crippen LogP contribution is -2.08. The molecule has 0 atom stereocenters. The quantitative estimate of drug-likeness (QED) is 0.726. The lowest BCUT2D eigenvalue weighted by atomic mass is 10.7. The van der Waals surface area contributed by atoms with Crippen molar-refractivity contribution in [3.05, 3.63) is 24.3 Å². The molecule has 5 nitrogen and oxygen atoms in total. The van der Waals surface area contributed by atoms with Gasteiger partial charge in [0.1, 0.15) is 6.26 Å². The van der Waals surface area contributed by atoms with Gasteiger partial charge in [-0.3, -0.25) is 4.72 Å². The predicted molar refractivity (Wildman–Crippen MR) is 39.2 cm³/mol. The largest absolute Gasteiger partial charge is 0.363 e. The van der Waals surface area contributed by atoms with Crippen molar-refractivity contribution in [3.63, 3.8) is 0 Å². The molecular formula is C5H6N2O3S. The molecule has 0 saturated carbocycles. The summed E-state index contributed by atoms with van der Waals surface area (Å²) in [5.41, 5.74) is 0. The Morgan fingerprint density at radius 2 is 2.45 bits per heavy atom. The molecule has 0 fully saturated rings. The van der Waals surface area contributed by atoms with Crippen LogP contribution in [0.4, 0.5) is 5.82 Å². The highest BCUT2D eigenvalue weighted by atomic mass is 32.2. The van der Waals surface area contributed by atoms with E-state index in [-0.39, 0.29) is 5.82 Å². The fraction of sp³-hybridized carbons (Fsp3) is 0. The number of rotatable bonds is 3. The van der Waals surface area contributed by atoms with Gasteiger partial charge in [0, 0.05) is 11.5 Å². The Balaban J connectivity index is 2.79. The van der Waals surface area contributed by atoms with Crippen molar-refractivity contribution in [1.82, 2.24) is 5.16 Å². The smallest absolute Gasteiger partial charge is 0.255 e. The summed E-state index contributed by atoms with van der Waals surface area (Å²) in [6.45, 7) is 3.10. The lowest BCUT2D eigenvalue weighted by molar-refractivity contribution is 0.423. The monoisotopic (exact) mass is 174 g/mol. The number of aromatic nitrogens is 1. The molecule has 0 bridgehead atoms. The van der Waals surface area contributed by atoms with Crippen LogP contribution < -0.4 is 4.72 Å². The second-order valence-electron chi connectivity index (χ2n) is 1.70. The van der Waals surface area contributed by atoms with Gasteiger partial charge in [-0.2, -0.15) is 0 Å². The zero-order valence-electron chi connectivity index (χ0n) is 5.52. The lowest BCUT2D eigenvalue weighted by Gasteiger charge is -1.95. The molecule has 0 unspecified atom stereocenters. The molecular weight excluding hydrogens is 168 g/mol. The number of anilines is 1. The molecule has 6 heteroatoms. The summed E-state index contributed by atoms with van der Waals surface area (Å²) < 4.78 is 28.0. The van der Waals surface area contributed by atoms with Crippen molar-refractivity contribution < 1.29 is 12.9 Å². The van der Waals surface area contributed by atoms with Gasteiger partial charge in [0.15, 0.2) is 5.82 Å². The summed E-state index contributed by atoms with van der Waals surface area (Å²) in [7, 11) is -3.45. The molecule has 0 spiro atoms. The molecule has 0 aliphatic rings. The molecule has 60 valence electrons. The molecule has 1 aromatic heterocycles. The van der Waals surface area contributed by atoms with Gasteiger partial charge in [-0.25, -0.2) is 8.42 Å². The highest BCUT2D eigenvalue weighted by Crippen LogP contribution is 2.04. The third-order valence-electron chi connectivity index (χ3n) is 0.904. The highest BCUT2D eigenvalue weighted by Gasteiger charge is 2.05. The summed E-state index contributed by atoms with van der Waals surface area (Å²) in [4.78, 5) is 0. The number of nitrogens with one attached hydrogen (secondary N) is 1. The third-order valence-corrected chi connectivity index (χ3v) is 1.84. The van der Waals surface area contributed by atoms with Crippen LogP contribution in [0.1, 0.15) is 0 Å². The second kappa shape index (κ2) is 2.75. The van der Waals surface area contributed by atoms with Crippen molar-refractivity contribution in [3.8, 4) is 0 Å². The number of nitrogens with zero attached hydrogens (tertiary/aromatic N) is 1. The summed E-state index contributed by atoms with van der Waals surface area (Å²) in [5.74, 6) is 0.143. The van der Waals surface area contributed by atoms with Gasteiger partial charge in [0.05, 0.1) is 0 Å². The average Bonchev–Trinajstić information content (AvgIpc) is 2.39. The number of sulfonamides is 1. The third kappa shape index (κ3) is 2.08. The van der Waals surface area contributed by atoms with Crippen LogP contribution in [0.5, 0.6) is 0 Å². The van der Waals surface area contributed by atoms with E-state index in [2.05, 4.69) is 21.0 Å². The van der Waals surface area contributed by atoms with Crippen LogP contribution in [0.3, 0.4) is 0 Å². The van der Waals surface area contributed by atoms with E-state index in [0.29, 0.717) is 0 Å². The molecule has 0 saturated heterocycles. The fourth-order valence-corrected chi connectivity index (χ4v) is 0.933. The van der Waals surface area contributed by atoms with Gasteiger partial charge in [-0.05, 0) is 0 Å². The molecule has 0 aliphatic heterocycles. The Morgan fingerprint density at radius 3 is 2.91 bits per heavy atom. The molecule has 0 aliphatic carbocycles. The summed E-state index contributed by atoms with van der Waals surface area (Å²) >= 11 is 0. The molecule has 1 aromatic rings. The van der Waals surface area contributed by atoms with Gasteiger partial charge in [-0.1, -0.05) is 11.7 Å². The van der Waals surface area contributed by atoms with E-state index in [1.807, 2.05) is 0 Å². The minimum absolute atomic E-state index is 0.143. The molecule has 0 radical (unpaired) electrons. The number of hydrogen-bond donors (Lipinski definition) is 1. The minimum Gasteiger partial charge on any atom is -0.363 e. The van der Waals surface area contributed by atoms with Crippen molar-refractivity contribution in [2.45, 2.75) is 0 Å². The minimum atomic E-state index is -3.45. The topological polar surface area (TPSA) is 72.2 Å². The standard InChI is InChI=1S/C5H6N2O3S/c1-2-11(8,9)7-5-3-4-10-6-5/h2-4H,1H2,(H,6,7). The van der Waals surface area contributed by atoms with E-state index in [9.17, 15) is 8.42 Å². The van der Waals surface area contributed by atoms with Gasteiger partial charge < -0.3 is 4.52 Å². The molecule has 0 aromatic carbocycles. The molecule has 11 heavy (non-hydrogen) atoms. The van der Waals surface area contributed by atoms with Gasteiger partial charge in [0.25, 0.3) is 10.0 Å². The van der Waals surface area contributed by atoms with Crippen molar-refractivity contribution in [1.29, 1.82) is 0 Å². The Labute approximate surface area is 63.7 Å². The molecule has 0 amide bonds. The van der Waals surface area contributed by atoms with Crippen LogP contribution in [0.2, 0.25) is 0 Å². The SMILES string of the molecule is C=CS(=O)(=O)Nc1ccon1. The van der Waals surface area contributed by atoms with E-state index >= 15 is 0 Å². The zero-order chi connectivity index (χ0) is 8.32. The van der Waals surface area contributed by atoms with Gasteiger partial charge >= 0.3 is 0 Å². The summed E-state index contributed by atoms with van der Waals surface area (Å²) in [6, 6.07) is 1.39. The highest BCUT2D eigenvalue weighted by molar-refractivity contribution is 7.95. The molecule has 1 rings (SSSR count). The van der Waals surface area contributed by atoms with E-state index < -0.39 is 10.0 Å². The maximum Gasteiger partial charge on any atom is 0.255 e. The zero-order valence-corrected chi connectivity index (χ0v) is 6.34. The first-order valence-electron chi connectivity index (χ1n) is 2.70. The van der Waals surface area contributed by atoms with Crippen LogP contribution in [-0.4, -0.2) is 13.6 Å². The normalized spacial score (nSPS) is 10.9. The first kappa shape index (κ1) is 7.80. The molecule has 1 heterocycles. The fourth-order valence-electron chi connectivity index (χ4n) is 0.453. The maximum absolute atomic E-state index is 10.8. The van der Waals surface area contributed by atoms with Crippen LogP contribution in [-0.2, 0) is 10.0 Å². The Hall–Kier alpha value is -1.30. The summed E-state index contributed by atoms with van der Waals surface area (Å²) in [5, 5.41) is 4.13. The number of hydrogen-bond acceptors (Lipinski definition) is 4. The first-order chi connectivity index (χ1) is 5.14. The van der Waals surface area contributed by atoms with Crippen molar-refractivity contribution in [2.24, 2.45) is 0 Å². The van der Waals surface area contributed by atoms with E-state index in [4.69, 9.17) is 0 Å². The maximum atomic E-state index is 10.8. The van der Waals surface area contributed by atoms with Crippen LogP contribution in [0.25, 0.3) is 0 Å². The Kier molecular flexibility index (Phi) is 1.95. The van der Waals surface area contributed by atoms with Crippen LogP contribution >= 0.6 is 0 Å². The first-order valence-corrected chi connectivity index (χ1v) is 4.24. The van der Waals surface area contributed by atoms with Crippen LogP contribution in [0.15, 0.2) is 28.8 Å². The summed E-state index contributed by atoms with van der Waals surface area (Å²) in [6.07, 6.45) is 1.26.